The van der Waals surface area contributed by atoms with Crippen LogP contribution in [-0.4, -0.2) is 113 Å². The third-order valence-electron chi connectivity index (χ3n) is 11.0. The second-order valence-corrected chi connectivity index (χ2v) is 17.8. The predicted molar refractivity (Wildman–Crippen MR) is 240 cm³/mol. The van der Waals surface area contributed by atoms with Gasteiger partial charge in [0.15, 0.2) is 0 Å². The third-order valence-corrected chi connectivity index (χ3v) is 11.0. The highest BCUT2D eigenvalue weighted by Gasteiger charge is 2.38. The maximum absolute atomic E-state index is 15.3. The molecule has 1 heterocycles. The van der Waals surface area contributed by atoms with E-state index in [0.29, 0.717) is 11.3 Å². The minimum absolute atomic E-state index is 0.00635. The molecule has 2 aromatic carbocycles. The van der Waals surface area contributed by atoms with Gasteiger partial charge in [0.1, 0.15) is 30.3 Å². The number of nitrogens with zero attached hydrogens (tertiary/aromatic N) is 2. The number of halogens is 2. The minimum Gasteiger partial charge on any atom is -0.387 e. The molecule has 1 aromatic heterocycles. The van der Waals surface area contributed by atoms with Crippen LogP contribution < -0.4 is 37.6 Å². The van der Waals surface area contributed by atoms with Gasteiger partial charge < -0.3 is 52.2 Å². The number of aromatic nitrogens is 1. The van der Waals surface area contributed by atoms with Gasteiger partial charge in [0, 0.05) is 61.7 Å². The molecule has 3 rings (SSSR count). The zero-order chi connectivity index (χ0) is 48.6. The van der Waals surface area contributed by atoms with Crippen LogP contribution in [0, 0.1) is 23.0 Å². The van der Waals surface area contributed by atoms with Crippen molar-refractivity contribution in [3.05, 3.63) is 83.7 Å². The van der Waals surface area contributed by atoms with Crippen molar-refractivity contribution in [1.29, 1.82) is 0 Å². The Labute approximate surface area is 379 Å². The number of primary amides is 1. The SMILES string of the molecule is CC(=O)NCC(=O)N[C@@H](CC(N)=O)C(=O)N[C@@H](CCN(C(=O)CO)[C@@H](c1cc(-c2cc(F)ccc2F)cn1Cc1ccccc1)C(C)(C)C)C(=O)NCCNC(=O)CNC(C)(C)C(C)C. The second-order valence-electron chi connectivity index (χ2n) is 17.8. The second kappa shape index (κ2) is 24.2. The first-order valence-electron chi connectivity index (χ1n) is 21.4. The monoisotopic (exact) mass is 909 g/mol. The molecule has 0 radical (unpaired) electrons. The van der Waals surface area contributed by atoms with Crippen LogP contribution in [0.25, 0.3) is 11.1 Å². The first kappa shape index (κ1) is 53.1. The highest BCUT2D eigenvalue weighted by Crippen LogP contribution is 2.41. The molecular formula is C46H65F2N9O8. The Morgan fingerprint density at radius 3 is 2.08 bits per heavy atom. The molecule has 17 nitrogen and oxygen atoms in total. The quantitative estimate of drug-likeness (QED) is 0.0612. The van der Waals surface area contributed by atoms with Gasteiger partial charge in [-0.2, -0.15) is 0 Å². The Balaban J connectivity index is 2.03. The standard InChI is InChI=1S/C46H65F2N9O8/c1-28(2)46(7,8)53-24-39(61)50-17-18-51-43(64)35(55-44(65)36(22-38(49)60)54-40(62)23-52-29(3)59)16-19-57(41(63)27-58)42(45(4,5)6)37-20-31(33-21-32(47)14-15-34(33)48)26-56(37)25-30-12-10-9-11-13-30/h9-15,20-21,26,28,35-36,42,53,58H,16-19,22-25,27H2,1-8H3,(H2,49,60)(H,50,61)(H,51,64)(H,52,59)(H,54,62)(H,55,65)/t35-,36-,42-/m0/s1. The molecule has 7 amide bonds. The molecule has 3 atom stereocenters. The topological polar surface area (TPSA) is 246 Å². The number of hydrogen-bond acceptors (Lipinski definition) is 9. The number of carbonyl (C=O) groups is 7. The van der Waals surface area contributed by atoms with E-state index in [1.54, 1.807) is 16.8 Å². The van der Waals surface area contributed by atoms with Crippen LogP contribution in [0.4, 0.5) is 8.78 Å². The molecule has 356 valence electrons. The lowest BCUT2D eigenvalue weighted by Crippen LogP contribution is -2.56. The number of amides is 7. The molecule has 65 heavy (non-hydrogen) atoms. The van der Waals surface area contributed by atoms with Crippen LogP contribution in [0.3, 0.4) is 0 Å². The van der Waals surface area contributed by atoms with Crippen molar-refractivity contribution < 1.29 is 47.4 Å². The average molecular weight is 910 g/mol. The number of nitrogens with one attached hydrogen (secondary N) is 6. The predicted octanol–water partition coefficient (Wildman–Crippen LogP) is 2.02. The highest BCUT2D eigenvalue weighted by molar-refractivity contribution is 5.95. The summed E-state index contributed by atoms with van der Waals surface area (Å²) in [6, 6.07) is 10.1. The van der Waals surface area contributed by atoms with Gasteiger partial charge in [-0.05, 0) is 61.4 Å². The smallest absolute Gasteiger partial charge is 0.248 e. The van der Waals surface area contributed by atoms with E-state index in [1.165, 1.54) is 11.8 Å². The van der Waals surface area contributed by atoms with E-state index in [4.69, 9.17) is 5.73 Å². The van der Waals surface area contributed by atoms with Gasteiger partial charge in [0.2, 0.25) is 41.4 Å². The van der Waals surface area contributed by atoms with Crippen LogP contribution in [0.2, 0.25) is 0 Å². The van der Waals surface area contributed by atoms with Crippen LogP contribution in [0.1, 0.15) is 85.5 Å². The Kier molecular flexibility index (Phi) is 19.8. The normalized spacial score (nSPS) is 13.0. The first-order chi connectivity index (χ1) is 30.4. The van der Waals surface area contributed by atoms with Crippen molar-refractivity contribution in [2.75, 3.05) is 39.3 Å². The fraction of sp³-hybridized carbons (Fsp3) is 0.500. The van der Waals surface area contributed by atoms with Crippen molar-refractivity contribution in [1.82, 2.24) is 41.4 Å². The number of carbonyl (C=O) groups excluding carboxylic acids is 7. The Bertz CT molecular complexity index is 2140. The van der Waals surface area contributed by atoms with E-state index >= 15 is 4.39 Å². The molecule has 0 aliphatic rings. The third kappa shape index (κ3) is 16.7. The molecule has 0 saturated carbocycles. The molecule has 0 unspecified atom stereocenters. The summed E-state index contributed by atoms with van der Waals surface area (Å²) in [6.07, 6.45) is 0.689. The maximum Gasteiger partial charge on any atom is 0.248 e. The van der Waals surface area contributed by atoms with Gasteiger partial charge in [0.05, 0.1) is 25.6 Å². The van der Waals surface area contributed by atoms with Crippen molar-refractivity contribution in [2.24, 2.45) is 17.1 Å². The van der Waals surface area contributed by atoms with Gasteiger partial charge in [-0.1, -0.05) is 65.0 Å². The molecule has 0 saturated heterocycles. The molecule has 0 aliphatic carbocycles. The number of aliphatic hydroxyl groups excluding tert-OH is 1. The summed E-state index contributed by atoms with van der Waals surface area (Å²) in [6.45, 7) is 13.1. The van der Waals surface area contributed by atoms with E-state index in [1.807, 2.05) is 78.8 Å². The number of nitrogens with two attached hydrogens (primary N) is 1. The Morgan fingerprint density at radius 1 is 0.815 bits per heavy atom. The fourth-order valence-corrected chi connectivity index (χ4v) is 6.86. The van der Waals surface area contributed by atoms with Gasteiger partial charge in [0.25, 0.3) is 0 Å². The largest absolute Gasteiger partial charge is 0.387 e. The van der Waals surface area contributed by atoms with Crippen molar-refractivity contribution in [2.45, 2.75) is 98.4 Å². The van der Waals surface area contributed by atoms with Gasteiger partial charge >= 0.3 is 0 Å². The number of hydrogen-bond donors (Lipinski definition) is 8. The Hall–Kier alpha value is -6.21. The molecule has 9 N–H and O–H groups in total. The van der Waals surface area contributed by atoms with E-state index in [-0.39, 0.29) is 62.1 Å². The fourth-order valence-electron chi connectivity index (χ4n) is 6.86. The van der Waals surface area contributed by atoms with E-state index in [0.717, 1.165) is 23.8 Å². The summed E-state index contributed by atoms with van der Waals surface area (Å²) < 4.78 is 31.6. The van der Waals surface area contributed by atoms with Crippen LogP contribution in [0.5, 0.6) is 0 Å². The molecule has 0 fully saturated rings. The molecule has 0 bridgehead atoms. The summed E-state index contributed by atoms with van der Waals surface area (Å²) >= 11 is 0. The highest BCUT2D eigenvalue weighted by atomic mass is 19.1. The Morgan fingerprint density at radius 2 is 1.48 bits per heavy atom. The number of benzene rings is 2. The summed E-state index contributed by atoms with van der Waals surface area (Å²) in [4.78, 5) is 91.7. The lowest BCUT2D eigenvalue weighted by Gasteiger charge is -2.41. The van der Waals surface area contributed by atoms with Crippen molar-refractivity contribution in [3.8, 4) is 11.1 Å². The number of rotatable bonds is 24. The molecular weight excluding hydrogens is 845 g/mol. The maximum atomic E-state index is 15.3. The summed E-state index contributed by atoms with van der Waals surface area (Å²) in [5, 5.41) is 26.1. The summed E-state index contributed by atoms with van der Waals surface area (Å²) in [7, 11) is 0. The van der Waals surface area contributed by atoms with Gasteiger partial charge in [-0.3, -0.25) is 33.6 Å². The molecule has 0 aliphatic heterocycles. The molecule has 0 spiro atoms. The van der Waals surface area contributed by atoms with E-state index < -0.39 is 90.2 Å². The first-order valence-corrected chi connectivity index (χ1v) is 21.4. The van der Waals surface area contributed by atoms with E-state index in [2.05, 4.69) is 31.9 Å². The molecule has 19 heteroatoms. The van der Waals surface area contributed by atoms with Crippen molar-refractivity contribution in [3.63, 3.8) is 0 Å². The zero-order valence-electron chi connectivity index (χ0n) is 38.5. The lowest BCUT2D eigenvalue weighted by molar-refractivity contribution is -0.140. The summed E-state index contributed by atoms with van der Waals surface area (Å²) in [5.41, 5.74) is 5.89. The average Bonchev–Trinajstić information content (AvgIpc) is 3.63. The van der Waals surface area contributed by atoms with Crippen molar-refractivity contribution >= 4 is 41.4 Å². The number of aliphatic hydroxyl groups is 1. The van der Waals surface area contributed by atoms with Crippen LogP contribution in [-0.2, 0) is 40.1 Å². The zero-order valence-corrected chi connectivity index (χ0v) is 38.5. The van der Waals surface area contributed by atoms with E-state index in [9.17, 15) is 43.1 Å². The van der Waals surface area contributed by atoms with Crippen LogP contribution >= 0.6 is 0 Å². The molecule has 3 aromatic rings. The lowest BCUT2D eigenvalue weighted by atomic mass is 9.82. The minimum atomic E-state index is -1.58. The van der Waals surface area contributed by atoms with Gasteiger partial charge in [-0.25, -0.2) is 8.78 Å². The van der Waals surface area contributed by atoms with Gasteiger partial charge in [-0.15, -0.1) is 0 Å². The van der Waals surface area contributed by atoms with Crippen LogP contribution in [0.15, 0.2) is 60.8 Å². The summed E-state index contributed by atoms with van der Waals surface area (Å²) in [5.74, 6) is -6.24.